The summed E-state index contributed by atoms with van der Waals surface area (Å²) in [5.41, 5.74) is 2.18. The number of anilines is 2. The van der Waals surface area contributed by atoms with Gasteiger partial charge in [0, 0.05) is 37.7 Å². The maximum absolute atomic E-state index is 12.7. The molecule has 0 saturated carbocycles. The van der Waals surface area contributed by atoms with Crippen molar-refractivity contribution >= 4 is 17.5 Å². The van der Waals surface area contributed by atoms with Crippen molar-refractivity contribution in [1.29, 1.82) is 0 Å². The Kier molecular flexibility index (Phi) is 5.63. The minimum atomic E-state index is -0.0353. The summed E-state index contributed by atoms with van der Waals surface area (Å²) >= 11 is 0. The van der Waals surface area contributed by atoms with E-state index in [4.69, 9.17) is 0 Å². The van der Waals surface area contributed by atoms with E-state index in [-0.39, 0.29) is 11.8 Å². The van der Waals surface area contributed by atoms with Crippen molar-refractivity contribution in [1.82, 2.24) is 14.9 Å². The molecule has 1 aromatic heterocycles. The summed E-state index contributed by atoms with van der Waals surface area (Å²) in [4.78, 5) is 25.9. The Morgan fingerprint density at radius 1 is 1.04 bits per heavy atom. The van der Waals surface area contributed by atoms with Crippen LogP contribution in [0.25, 0.3) is 0 Å². The molecule has 1 aromatic carbocycles. The maximum atomic E-state index is 12.7. The zero-order valence-corrected chi connectivity index (χ0v) is 15.7. The van der Waals surface area contributed by atoms with E-state index in [9.17, 15) is 4.79 Å². The van der Waals surface area contributed by atoms with Gasteiger partial charge in [-0.25, -0.2) is 9.97 Å². The van der Waals surface area contributed by atoms with Gasteiger partial charge >= 0.3 is 0 Å². The molecular weight excluding hydrogens is 338 g/mol. The van der Waals surface area contributed by atoms with Gasteiger partial charge in [-0.15, -0.1) is 0 Å². The Bertz CT molecular complexity index is 743. The zero-order chi connectivity index (χ0) is 18.5. The van der Waals surface area contributed by atoms with Crippen LogP contribution >= 0.6 is 0 Å². The molecule has 6 heteroatoms. The highest BCUT2D eigenvalue weighted by Gasteiger charge is 2.27. The average molecular weight is 365 g/mol. The maximum Gasteiger partial charge on any atom is 0.229 e. The number of amides is 1. The fourth-order valence-electron chi connectivity index (χ4n) is 3.96. The van der Waals surface area contributed by atoms with E-state index in [1.807, 2.05) is 18.2 Å². The van der Waals surface area contributed by atoms with Gasteiger partial charge in [-0.05, 0) is 62.5 Å². The van der Waals surface area contributed by atoms with E-state index in [1.165, 1.54) is 31.5 Å². The Balaban J connectivity index is 1.32. The number of carbonyl (C=O) groups excluding carboxylic acids is 1. The number of benzene rings is 1. The lowest BCUT2D eigenvalue weighted by atomic mass is 9.97. The van der Waals surface area contributed by atoms with E-state index < -0.39 is 0 Å². The first-order chi connectivity index (χ1) is 13.3. The Morgan fingerprint density at radius 3 is 2.52 bits per heavy atom. The average Bonchev–Trinajstić information content (AvgIpc) is 3.23. The lowest BCUT2D eigenvalue weighted by molar-refractivity contribution is -0.120. The van der Waals surface area contributed by atoms with Crippen molar-refractivity contribution in [3.05, 3.63) is 48.3 Å². The predicted octanol–water partition coefficient (Wildman–Crippen LogP) is 2.93. The van der Waals surface area contributed by atoms with Gasteiger partial charge in [-0.1, -0.05) is 12.1 Å². The number of aromatic nitrogens is 2. The van der Waals surface area contributed by atoms with Crippen LogP contribution in [0.5, 0.6) is 0 Å². The first kappa shape index (κ1) is 17.9. The van der Waals surface area contributed by atoms with Crippen molar-refractivity contribution in [3.8, 4) is 0 Å². The molecule has 1 amide bonds. The molecule has 6 nitrogen and oxygen atoms in total. The van der Waals surface area contributed by atoms with Gasteiger partial charge in [0.25, 0.3) is 0 Å². The summed E-state index contributed by atoms with van der Waals surface area (Å²) < 4.78 is 0. The molecular formula is C21H27N5O. The molecule has 4 rings (SSSR count). The van der Waals surface area contributed by atoms with Crippen molar-refractivity contribution in [2.75, 3.05) is 36.4 Å². The summed E-state index contributed by atoms with van der Waals surface area (Å²) in [6.45, 7) is 4.97. The number of nitrogens with one attached hydrogen (secondary N) is 1. The largest absolute Gasteiger partial charge is 0.340 e. The second-order valence-corrected chi connectivity index (χ2v) is 7.50. The van der Waals surface area contributed by atoms with Crippen molar-refractivity contribution in [2.24, 2.45) is 5.92 Å². The van der Waals surface area contributed by atoms with Crippen LogP contribution in [0.1, 0.15) is 31.2 Å². The number of rotatable bonds is 5. The summed E-state index contributed by atoms with van der Waals surface area (Å²) in [6, 6.07) is 10.1. The lowest BCUT2D eigenvalue weighted by Gasteiger charge is -2.31. The van der Waals surface area contributed by atoms with E-state index in [1.54, 1.807) is 12.4 Å². The standard InChI is InChI=1S/C21H27N5O/c27-20(18-5-3-14-26(16-18)21-22-10-4-11-23-21)24-19-8-6-17(7-9-19)15-25-12-1-2-13-25/h4,6-11,18H,1-3,5,12-16H2,(H,24,27). The zero-order valence-electron chi connectivity index (χ0n) is 15.7. The monoisotopic (exact) mass is 365 g/mol. The molecule has 0 radical (unpaired) electrons. The van der Waals surface area contributed by atoms with Crippen LogP contribution in [0.2, 0.25) is 0 Å². The van der Waals surface area contributed by atoms with Gasteiger partial charge < -0.3 is 10.2 Å². The van der Waals surface area contributed by atoms with E-state index in [0.29, 0.717) is 12.5 Å². The number of hydrogen-bond donors (Lipinski definition) is 1. The van der Waals surface area contributed by atoms with E-state index in [0.717, 1.165) is 31.6 Å². The Morgan fingerprint density at radius 2 is 1.78 bits per heavy atom. The molecule has 142 valence electrons. The number of hydrogen-bond acceptors (Lipinski definition) is 5. The number of piperidine rings is 1. The molecule has 0 aliphatic carbocycles. The van der Waals surface area contributed by atoms with E-state index >= 15 is 0 Å². The van der Waals surface area contributed by atoms with Gasteiger partial charge in [0.2, 0.25) is 11.9 Å². The number of carbonyl (C=O) groups is 1. The molecule has 2 aliphatic heterocycles. The van der Waals surface area contributed by atoms with Crippen LogP contribution < -0.4 is 10.2 Å². The molecule has 2 aromatic rings. The van der Waals surface area contributed by atoms with Crippen LogP contribution in [0.3, 0.4) is 0 Å². The second-order valence-electron chi connectivity index (χ2n) is 7.50. The first-order valence-corrected chi connectivity index (χ1v) is 9.92. The quantitative estimate of drug-likeness (QED) is 0.883. The molecule has 27 heavy (non-hydrogen) atoms. The van der Waals surface area contributed by atoms with Gasteiger partial charge in [0.05, 0.1) is 5.92 Å². The molecule has 2 fully saturated rings. The van der Waals surface area contributed by atoms with Crippen LogP contribution in [-0.4, -0.2) is 47.0 Å². The molecule has 2 aliphatic rings. The second kappa shape index (κ2) is 8.48. The minimum absolute atomic E-state index is 0.0353. The molecule has 2 saturated heterocycles. The number of likely N-dealkylation sites (tertiary alicyclic amines) is 1. The Labute approximate surface area is 160 Å². The van der Waals surface area contributed by atoms with Gasteiger partial charge in [0.1, 0.15) is 0 Å². The topological polar surface area (TPSA) is 61.4 Å². The molecule has 0 bridgehead atoms. The van der Waals surface area contributed by atoms with Crippen molar-refractivity contribution < 1.29 is 4.79 Å². The fourth-order valence-corrected chi connectivity index (χ4v) is 3.96. The highest BCUT2D eigenvalue weighted by molar-refractivity contribution is 5.93. The Hall–Kier alpha value is -2.47. The highest BCUT2D eigenvalue weighted by atomic mass is 16.1. The fraction of sp³-hybridized carbons (Fsp3) is 0.476. The first-order valence-electron chi connectivity index (χ1n) is 9.92. The van der Waals surface area contributed by atoms with Crippen molar-refractivity contribution in [2.45, 2.75) is 32.2 Å². The van der Waals surface area contributed by atoms with Crippen molar-refractivity contribution in [3.63, 3.8) is 0 Å². The minimum Gasteiger partial charge on any atom is -0.340 e. The van der Waals surface area contributed by atoms with Crippen LogP contribution in [0.15, 0.2) is 42.7 Å². The smallest absolute Gasteiger partial charge is 0.229 e. The van der Waals surface area contributed by atoms with Crippen LogP contribution in [0, 0.1) is 5.92 Å². The van der Waals surface area contributed by atoms with E-state index in [2.05, 4.69) is 37.2 Å². The summed E-state index contributed by atoms with van der Waals surface area (Å²) in [7, 11) is 0. The van der Waals surface area contributed by atoms with Crippen LogP contribution in [-0.2, 0) is 11.3 Å². The lowest BCUT2D eigenvalue weighted by Crippen LogP contribution is -2.41. The SMILES string of the molecule is O=C(Nc1ccc(CN2CCCC2)cc1)C1CCCN(c2ncccn2)C1. The molecule has 3 heterocycles. The number of nitrogens with zero attached hydrogens (tertiary/aromatic N) is 4. The summed E-state index contributed by atoms with van der Waals surface area (Å²) in [6.07, 6.45) is 7.99. The third-order valence-electron chi connectivity index (χ3n) is 5.45. The predicted molar refractivity (Wildman–Crippen MR) is 107 cm³/mol. The third kappa shape index (κ3) is 4.63. The van der Waals surface area contributed by atoms with Gasteiger partial charge in [-0.2, -0.15) is 0 Å². The third-order valence-corrected chi connectivity index (χ3v) is 5.45. The van der Waals surface area contributed by atoms with Gasteiger partial charge in [0.15, 0.2) is 0 Å². The summed E-state index contributed by atoms with van der Waals surface area (Å²) in [5, 5.41) is 3.08. The molecule has 1 unspecified atom stereocenters. The molecule has 1 N–H and O–H groups in total. The highest BCUT2D eigenvalue weighted by Crippen LogP contribution is 2.22. The molecule has 1 atom stereocenters. The normalized spacial score (nSPS) is 20.6. The summed E-state index contributed by atoms with van der Waals surface area (Å²) in [5.74, 6) is 0.760. The molecule has 0 spiro atoms. The van der Waals surface area contributed by atoms with Gasteiger partial charge in [-0.3, -0.25) is 9.69 Å². The van der Waals surface area contributed by atoms with Crippen LogP contribution in [0.4, 0.5) is 11.6 Å².